The van der Waals surface area contributed by atoms with Gasteiger partial charge in [0.1, 0.15) is 0 Å². The molecule has 2 rings (SSSR count). The third-order valence-electron chi connectivity index (χ3n) is 4.10. The predicted molar refractivity (Wildman–Crippen MR) is 95.1 cm³/mol. The van der Waals surface area contributed by atoms with Crippen molar-refractivity contribution in [3.8, 4) is 0 Å². The molecular formula is C17H31N5O2. The van der Waals surface area contributed by atoms with Crippen molar-refractivity contribution in [3.63, 3.8) is 0 Å². The third kappa shape index (κ3) is 4.95. The number of carbonyl (C=O) groups is 1. The van der Waals surface area contributed by atoms with Crippen LogP contribution in [0, 0.1) is 0 Å². The smallest absolute Gasteiger partial charge is 0.322 e. The number of rotatable bonds is 3. The van der Waals surface area contributed by atoms with E-state index in [9.17, 15) is 9.90 Å². The minimum atomic E-state index is -0.717. The highest BCUT2D eigenvalue weighted by Gasteiger charge is 2.30. The maximum absolute atomic E-state index is 12.5. The first-order valence-electron chi connectivity index (χ1n) is 8.53. The summed E-state index contributed by atoms with van der Waals surface area (Å²) in [4.78, 5) is 16.6. The second kappa shape index (κ2) is 6.72. The van der Waals surface area contributed by atoms with Crippen LogP contribution < -0.4 is 5.32 Å². The largest absolute Gasteiger partial charge is 0.389 e. The number of β-amino-alcohol motifs (C(OH)–C–C–N with tert-alkyl or cyclic N) is 1. The quantitative estimate of drug-likeness (QED) is 0.884. The summed E-state index contributed by atoms with van der Waals surface area (Å²) in [6.07, 6.45) is 3.53. The summed E-state index contributed by atoms with van der Waals surface area (Å²) in [6, 6.07) is -0.00220. The second-order valence-electron chi connectivity index (χ2n) is 8.36. The Labute approximate surface area is 144 Å². The van der Waals surface area contributed by atoms with Gasteiger partial charge >= 0.3 is 6.03 Å². The summed E-state index contributed by atoms with van der Waals surface area (Å²) in [5.74, 6) is 0. The molecule has 1 aliphatic heterocycles. The number of urea groups is 1. The Morgan fingerprint density at radius 1 is 1.33 bits per heavy atom. The third-order valence-corrected chi connectivity index (χ3v) is 4.10. The monoisotopic (exact) mass is 337 g/mol. The van der Waals surface area contributed by atoms with Crippen LogP contribution in [0.15, 0.2) is 12.4 Å². The number of anilines is 1. The molecule has 7 heteroatoms. The zero-order valence-corrected chi connectivity index (χ0v) is 15.7. The Balaban J connectivity index is 1.93. The van der Waals surface area contributed by atoms with Gasteiger partial charge < -0.3 is 15.3 Å². The van der Waals surface area contributed by atoms with Crippen molar-refractivity contribution in [3.05, 3.63) is 12.4 Å². The van der Waals surface area contributed by atoms with Crippen LogP contribution in [0.3, 0.4) is 0 Å². The Morgan fingerprint density at radius 3 is 2.50 bits per heavy atom. The van der Waals surface area contributed by atoms with Gasteiger partial charge in [0.2, 0.25) is 0 Å². The molecule has 2 N–H and O–H groups in total. The van der Waals surface area contributed by atoms with Gasteiger partial charge in [-0.05, 0) is 41.5 Å². The molecule has 0 bridgehead atoms. The number of nitrogens with zero attached hydrogens (tertiary/aromatic N) is 4. The van der Waals surface area contributed by atoms with E-state index in [1.54, 1.807) is 6.20 Å². The maximum atomic E-state index is 12.5. The first-order chi connectivity index (χ1) is 11.0. The van der Waals surface area contributed by atoms with Crippen LogP contribution in [0.1, 0.15) is 41.5 Å². The van der Waals surface area contributed by atoms with E-state index < -0.39 is 5.60 Å². The molecule has 1 atom stereocenters. The Hall–Kier alpha value is -1.60. The molecule has 0 saturated carbocycles. The summed E-state index contributed by atoms with van der Waals surface area (Å²) in [5.41, 5.74) is -0.119. The molecule has 2 heterocycles. The highest BCUT2D eigenvalue weighted by Crippen LogP contribution is 2.18. The average Bonchev–Trinajstić information content (AvgIpc) is 2.85. The van der Waals surface area contributed by atoms with Gasteiger partial charge in [-0.1, -0.05) is 0 Å². The maximum Gasteiger partial charge on any atom is 0.322 e. The van der Waals surface area contributed by atoms with E-state index in [1.807, 2.05) is 36.5 Å². The van der Waals surface area contributed by atoms with Crippen LogP contribution in [0.4, 0.5) is 10.5 Å². The number of aliphatic hydroxyl groups is 1. The van der Waals surface area contributed by atoms with E-state index in [1.165, 1.54) is 0 Å². The topological polar surface area (TPSA) is 73.6 Å². The van der Waals surface area contributed by atoms with E-state index in [-0.39, 0.29) is 17.6 Å². The number of aromatic nitrogens is 2. The number of piperazine rings is 1. The lowest BCUT2D eigenvalue weighted by atomic mass is 10.1. The number of hydrogen-bond acceptors (Lipinski definition) is 4. The number of amides is 2. The molecule has 0 radical (unpaired) electrons. The van der Waals surface area contributed by atoms with Crippen LogP contribution in [0.5, 0.6) is 0 Å². The fourth-order valence-electron chi connectivity index (χ4n) is 2.98. The molecule has 0 aliphatic carbocycles. The Bertz CT molecular complexity index is 570. The number of nitrogens with one attached hydrogen (secondary N) is 1. The van der Waals surface area contributed by atoms with Crippen molar-refractivity contribution in [1.82, 2.24) is 19.6 Å². The molecule has 1 unspecified atom stereocenters. The molecule has 1 aromatic heterocycles. The minimum Gasteiger partial charge on any atom is -0.389 e. The van der Waals surface area contributed by atoms with Crippen LogP contribution in [0.2, 0.25) is 0 Å². The molecule has 136 valence electrons. The van der Waals surface area contributed by atoms with Crippen LogP contribution >= 0.6 is 0 Å². The normalized spacial score (nSPS) is 20.3. The standard InChI is InChI=1S/C17H31N5O2/c1-13-10-20(12-17(5,6)24)7-8-21(13)15(23)19-14-9-18-22(11-14)16(2,3)4/h9,11,13,24H,7-8,10,12H2,1-6H3,(H,19,23). The number of hydrogen-bond donors (Lipinski definition) is 2. The van der Waals surface area contributed by atoms with Crippen LogP contribution in [-0.4, -0.2) is 68.5 Å². The molecule has 0 spiro atoms. The first kappa shape index (κ1) is 18.7. The zero-order chi connectivity index (χ0) is 18.1. The molecular weight excluding hydrogens is 306 g/mol. The van der Waals surface area contributed by atoms with E-state index >= 15 is 0 Å². The summed E-state index contributed by atoms with van der Waals surface area (Å²) in [5, 5.41) is 17.2. The molecule has 1 saturated heterocycles. The average molecular weight is 337 g/mol. The van der Waals surface area contributed by atoms with Gasteiger partial charge in [-0.15, -0.1) is 0 Å². The van der Waals surface area contributed by atoms with E-state index in [2.05, 4.69) is 36.1 Å². The van der Waals surface area contributed by atoms with Crippen molar-refractivity contribution < 1.29 is 9.90 Å². The molecule has 1 aromatic rings. The molecule has 2 amide bonds. The van der Waals surface area contributed by atoms with Crippen molar-refractivity contribution in [2.24, 2.45) is 0 Å². The summed E-state index contributed by atoms with van der Waals surface area (Å²) >= 11 is 0. The van der Waals surface area contributed by atoms with E-state index in [0.29, 0.717) is 18.8 Å². The van der Waals surface area contributed by atoms with Crippen molar-refractivity contribution >= 4 is 11.7 Å². The molecule has 1 aliphatic rings. The van der Waals surface area contributed by atoms with Crippen LogP contribution in [-0.2, 0) is 5.54 Å². The predicted octanol–water partition coefficient (Wildman–Crippen LogP) is 1.95. The lowest BCUT2D eigenvalue weighted by molar-refractivity contribution is 0.0130. The second-order valence-corrected chi connectivity index (χ2v) is 8.36. The minimum absolute atomic E-state index is 0.0961. The summed E-state index contributed by atoms with van der Waals surface area (Å²) < 4.78 is 1.84. The zero-order valence-electron chi connectivity index (χ0n) is 15.7. The Kier molecular flexibility index (Phi) is 5.25. The van der Waals surface area contributed by atoms with Crippen molar-refractivity contribution in [1.29, 1.82) is 0 Å². The first-order valence-corrected chi connectivity index (χ1v) is 8.53. The van der Waals surface area contributed by atoms with Crippen molar-refractivity contribution in [2.75, 3.05) is 31.5 Å². The highest BCUT2D eigenvalue weighted by atomic mass is 16.3. The summed E-state index contributed by atoms with van der Waals surface area (Å²) in [6.45, 7) is 14.6. The molecule has 24 heavy (non-hydrogen) atoms. The van der Waals surface area contributed by atoms with Crippen molar-refractivity contribution in [2.45, 2.75) is 58.7 Å². The van der Waals surface area contributed by atoms with Crippen LogP contribution in [0.25, 0.3) is 0 Å². The van der Waals surface area contributed by atoms with Gasteiger partial charge in [0, 0.05) is 38.4 Å². The number of carbonyl (C=O) groups excluding carboxylic acids is 1. The highest BCUT2D eigenvalue weighted by molar-refractivity contribution is 5.89. The molecule has 7 nitrogen and oxygen atoms in total. The lowest BCUT2D eigenvalue weighted by Gasteiger charge is -2.41. The van der Waals surface area contributed by atoms with Gasteiger partial charge in [0.25, 0.3) is 0 Å². The van der Waals surface area contributed by atoms with Gasteiger partial charge in [0.05, 0.1) is 23.0 Å². The fraction of sp³-hybridized carbons (Fsp3) is 0.765. The summed E-state index contributed by atoms with van der Waals surface area (Å²) in [7, 11) is 0. The van der Waals surface area contributed by atoms with E-state index in [4.69, 9.17) is 0 Å². The van der Waals surface area contributed by atoms with Gasteiger partial charge in [0.15, 0.2) is 0 Å². The van der Waals surface area contributed by atoms with Gasteiger partial charge in [-0.2, -0.15) is 5.10 Å². The lowest BCUT2D eigenvalue weighted by Crippen LogP contribution is -2.57. The molecule has 0 aromatic carbocycles. The SMILES string of the molecule is CC1CN(CC(C)(C)O)CCN1C(=O)Nc1cnn(C(C)(C)C)c1. The van der Waals surface area contributed by atoms with Gasteiger partial charge in [-0.25, -0.2) is 4.79 Å². The molecule has 1 fully saturated rings. The Morgan fingerprint density at radius 2 is 2.00 bits per heavy atom. The van der Waals surface area contributed by atoms with E-state index in [0.717, 1.165) is 13.1 Å². The fourth-order valence-corrected chi connectivity index (χ4v) is 2.98. The van der Waals surface area contributed by atoms with Gasteiger partial charge in [-0.3, -0.25) is 9.58 Å².